The molecular weight excluding hydrogens is 454 g/mol. The van der Waals surface area contributed by atoms with E-state index in [1.54, 1.807) is 23.7 Å². The van der Waals surface area contributed by atoms with Gasteiger partial charge in [-0.1, -0.05) is 41.9 Å². The van der Waals surface area contributed by atoms with Crippen LogP contribution in [0.2, 0.25) is 4.34 Å². The van der Waals surface area contributed by atoms with E-state index in [2.05, 4.69) is 28.1 Å². The predicted molar refractivity (Wildman–Crippen MR) is 132 cm³/mol. The van der Waals surface area contributed by atoms with E-state index in [0.717, 1.165) is 35.1 Å². The second-order valence-corrected chi connectivity index (χ2v) is 9.89. The Morgan fingerprint density at radius 1 is 0.970 bits per heavy atom. The predicted octanol–water partition coefficient (Wildman–Crippen LogP) is 4.67. The van der Waals surface area contributed by atoms with Crippen molar-refractivity contribution in [2.45, 2.75) is 13.1 Å². The Hall–Kier alpha value is -3.00. The van der Waals surface area contributed by atoms with Crippen molar-refractivity contribution in [2.24, 2.45) is 0 Å². The summed E-state index contributed by atoms with van der Waals surface area (Å²) in [7, 11) is 0. The fourth-order valence-electron chi connectivity index (χ4n) is 4.08. The van der Waals surface area contributed by atoms with Crippen molar-refractivity contribution in [3.05, 3.63) is 93.5 Å². The summed E-state index contributed by atoms with van der Waals surface area (Å²) in [6, 6.07) is 18.0. The zero-order valence-electron chi connectivity index (χ0n) is 18.1. The van der Waals surface area contributed by atoms with Crippen molar-refractivity contribution in [3.63, 3.8) is 0 Å². The molecule has 1 amide bonds. The van der Waals surface area contributed by atoms with E-state index in [0.29, 0.717) is 30.9 Å². The third kappa shape index (κ3) is 5.16. The van der Waals surface area contributed by atoms with Gasteiger partial charge in [0.15, 0.2) is 0 Å². The number of halogens is 1. The van der Waals surface area contributed by atoms with Gasteiger partial charge >= 0.3 is 0 Å². The molecular formula is C25H24ClN5OS. The molecule has 168 valence electrons. The quantitative estimate of drug-likeness (QED) is 0.405. The highest BCUT2D eigenvalue weighted by Gasteiger charge is 2.26. The first-order chi connectivity index (χ1) is 16.2. The van der Waals surface area contributed by atoms with Gasteiger partial charge in [0, 0.05) is 61.8 Å². The molecule has 33 heavy (non-hydrogen) atoms. The largest absolute Gasteiger partial charge is 0.336 e. The number of benzene rings is 1. The molecule has 0 aliphatic carbocycles. The van der Waals surface area contributed by atoms with Crippen molar-refractivity contribution in [3.8, 4) is 11.3 Å². The summed E-state index contributed by atoms with van der Waals surface area (Å²) in [5, 5.41) is 4.77. The number of rotatable bonds is 6. The fraction of sp³-hybridized carbons (Fsp3) is 0.240. The number of aromatic nitrogens is 3. The van der Waals surface area contributed by atoms with Crippen molar-refractivity contribution in [1.29, 1.82) is 0 Å². The highest BCUT2D eigenvalue weighted by molar-refractivity contribution is 7.16. The first-order valence-electron chi connectivity index (χ1n) is 10.9. The average molecular weight is 478 g/mol. The molecule has 0 atom stereocenters. The lowest BCUT2D eigenvalue weighted by Gasteiger charge is -2.34. The molecule has 1 aliphatic heterocycles. The molecule has 4 aromatic rings. The molecule has 0 radical (unpaired) electrons. The van der Waals surface area contributed by atoms with E-state index >= 15 is 0 Å². The zero-order valence-corrected chi connectivity index (χ0v) is 19.7. The molecule has 3 aromatic heterocycles. The highest BCUT2D eigenvalue weighted by Crippen LogP contribution is 2.25. The maximum atomic E-state index is 13.5. The summed E-state index contributed by atoms with van der Waals surface area (Å²) < 4.78 is 2.66. The van der Waals surface area contributed by atoms with Crippen LogP contribution in [0.3, 0.4) is 0 Å². The molecule has 1 fully saturated rings. The lowest BCUT2D eigenvalue weighted by atomic mass is 10.1. The Morgan fingerprint density at radius 3 is 2.48 bits per heavy atom. The number of thiophene rings is 1. The molecule has 1 saturated heterocycles. The van der Waals surface area contributed by atoms with E-state index < -0.39 is 0 Å². The van der Waals surface area contributed by atoms with E-state index in [9.17, 15) is 4.79 Å². The van der Waals surface area contributed by atoms with Crippen molar-refractivity contribution in [1.82, 2.24) is 24.6 Å². The van der Waals surface area contributed by atoms with Crippen molar-refractivity contribution >= 4 is 28.8 Å². The molecule has 0 unspecified atom stereocenters. The number of carbonyl (C=O) groups excluding carboxylic acids is 1. The molecule has 6 nitrogen and oxygen atoms in total. The van der Waals surface area contributed by atoms with E-state index in [-0.39, 0.29) is 5.91 Å². The lowest BCUT2D eigenvalue weighted by Crippen LogP contribution is -2.48. The Balaban J connectivity index is 1.33. The number of pyridine rings is 1. The molecule has 0 N–H and O–H groups in total. The summed E-state index contributed by atoms with van der Waals surface area (Å²) in [5.74, 6) is 0.0204. The molecule has 4 heterocycles. The average Bonchev–Trinajstić information content (AvgIpc) is 3.46. The summed E-state index contributed by atoms with van der Waals surface area (Å²) >= 11 is 7.68. The molecule has 1 aliphatic rings. The van der Waals surface area contributed by atoms with Gasteiger partial charge < -0.3 is 4.90 Å². The van der Waals surface area contributed by atoms with Crippen LogP contribution in [0, 0.1) is 0 Å². The van der Waals surface area contributed by atoms with Crippen LogP contribution in [0.5, 0.6) is 0 Å². The third-order valence-electron chi connectivity index (χ3n) is 5.78. The first-order valence-corrected chi connectivity index (χ1v) is 12.1. The SMILES string of the molecule is O=C(c1cn(Cc2ccccc2)nc1-c1cccnc1)N1CCN(Cc2ccc(Cl)s2)CC1. The lowest BCUT2D eigenvalue weighted by molar-refractivity contribution is 0.0630. The maximum Gasteiger partial charge on any atom is 0.257 e. The van der Waals surface area contributed by atoms with Crippen molar-refractivity contribution in [2.75, 3.05) is 26.2 Å². The van der Waals surface area contributed by atoms with Gasteiger partial charge in [-0.05, 0) is 29.8 Å². The minimum absolute atomic E-state index is 0.0204. The molecule has 0 spiro atoms. The topological polar surface area (TPSA) is 54.3 Å². The van der Waals surface area contributed by atoms with Crippen LogP contribution in [0.25, 0.3) is 11.3 Å². The van der Waals surface area contributed by atoms with Crippen LogP contribution in [0.15, 0.2) is 73.2 Å². The van der Waals surface area contributed by atoms with E-state index in [1.165, 1.54) is 4.88 Å². The van der Waals surface area contributed by atoms with Gasteiger partial charge in [0.25, 0.3) is 5.91 Å². The Labute approximate surface area is 202 Å². The highest BCUT2D eigenvalue weighted by atomic mass is 35.5. The van der Waals surface area contributed by atoms with Crippen LogP contribution >= 0.6 is 22.9 Å². The fourth-order valence-corrected chi connectivity index (χ4v) is 5.21. The monoisotopic (exact) mass is 477 g/mol. The van der Waals surface area contributed by atoms with Crippen LogP contribution in [-0.4, -0.2) is 56.7 Å². The Kier molecular flexibility index (Phi) is 6.53. The number of nitrogens with zero attached hydrogens (tertiary/aromatic N) is 5. The number of piperazine rings is 1. The van der Waals surface area contributed by atoms with Crippen LogP contribution in [0.1, 0.15) is 20.8 Å². The molecule has 0 saturated carbocycles. The third-order valence-corrected chi connectivity index (χ3v) is 7.00. The van der Waals surface area contributed by atoms with E-state index in [4.69, 9.17) is 16.7 Å². The smallest absolute Gasteiger partial charge is 0.257 e. The van der Waals surface area contributed by atoms with Crippen LogP contribution in [-0.2, 0) is 13.1 Å². The van der Waals surface area contributed by atoms with Gasteiger partial charge in [0.05, 0.1) is 16.4 Å². The van der Waals surface area contributed by atoms with E-state index in [1.807, 2.05) is 52.2 Å². The van der Waals surface area contributed by atoms with Gasteiger partial charge in [-0.2, -0.15) is 5.10 Å². The summed E-state index contributed by atoms with van der Waals surface area (Å²) in [6.45, 7) is 4.53. The van der Waals surface area contributed by atoms with Crippen LogP contribution in [0.4, 0.5) is 0 Å². The normalized spacial score (nSPS) is 14.5. The Morgan fingerprint density at radius 2 is 1.79 bits per heavy atom. The van der Waals surface area contributed by atoms with Gasteiger partial charge in [0.2, 0.25) is 0 Å². The number of amides is 1. The van der Waals surface area contributed by atoms with Crippen LogP contribution < -0.4 is 0 Å². The van der Waals surface area contributed by atoms with Gasteiger partial charge in [0.1, 0.15) is 5.69 Å². The summed E-state index contributed by atoms with van der Waals surface area (Å²) in [5.41, 5.74) is 3.29. The Bertz CT molecular complexity index is 1220. The molecule has 8 heteroatoms. The van der Waals surface area contributed by atoms with Gasteiger partial charge in [-0.15, -0.1) is 11.3 Å². The second-order valence-electron chi connectivity index (χ2n) is 8.09. The number of hydrogen-bond acceptors (Lipinski definition) is 5. The summed E-state index contributed by atoms with van der Waals surface area (Å²) in [4.78, 5) is 23.3. The number of carbonyl (C=O) groups is 1. The number of hydrogen-bond donors (Lipinski definition) is 0. The standard InChI is InChI=1S/C25H24ClN5OS/c26-23-9-8-21(33-23)17-29-11-13-30(14-12-29)25(32)22-18-31(16-19-5-2-1-3-6-19)28-24(22)20-7-4-10-27-15-20/h1-10,15,18H,11-14,16-17H2. The van der Waals surface area contributed by atoms with Gasteiger partial charge in [-0.25, -0.2) is 0 Å². The van der Waals surface area contributed by atoms with Gasteiger partial charge in [-0.3, -0.25) is 19.4 Å². The second kappa shape index (κ2) is 9.87. The maximum absolute atomic E-state index is 13.5. The zero-order chi connectivity index (χ0) is 22.6. The minimum Gasteiger partial charge on any atom is -0.336 e. The first kappa shape index (κ1) is 21.8. The summed E-state index contributed by atoms with van der Waals surface area (Å²) in [6.07, 6.45) is 5.36. The minimum atomic E-state index is 0.0204. The molecule has 0 bridgehead atoms. The molecule has 5 rings (SSSR count). The molecule has 1 aromatic carbocycles. The van der Waals surface area contributed by atoms with Crippen molar-refractivity contribution < 1.29 is 4.79 Å².